The third kappa shape index (κ3) is 5.65. The molecule has 1 aromatic heterocycles. The Bertz CT molecular complexity index is 1030. The van der Waals surface area contributed by atoms with E-state index in [9.17, 15) is 9.59 Å². The van der Waals surface area contributed by atoms with Crippen LogP contribution < -0.4 is 15.7 Å². The van der Waals surface area contributed by atoms with Gasteiger partial charge in [-0.25, -0.2) is 5.43 Å². The van der Waals surface area contributed by atoms with E-state index in [-0.39, 0.29) is 11.1 Å². The van der Waals surface area contributed by atoms with Crippen molar-refractivity contribution in [2.24, 2.45) is 5.10 Å². The van der Waals surface area contributed by atoms with Crippen molar-refractivity contribution in [1.82, 2.24) is 9.99 Å². The number of amides is 1. The van der Waals surface area contributed by atoms with Gasteiger partial charge in [-0.2, -0.15) is 5.10 Å². The molecule has 0 unspecified atom stereocenters. The molecule has 1 heterocycles. The molecule has 1 amide bonds. The van der Waals surface area contributed by atoms with E-state index in [1.807, 2.05) is 61.5 Å². The summed E-state index contributed by atoms with van der Waals surface area (Å²) in [5, 5.41) is 3.95. The number of carbonyl (C=O) groups is 1. The zero-order valence-electron chi connectivity index (χ0n) is 16.2. The molecule has 0 radical (unpaired) electrons. The van der Waals surface area contributed by atoms with Gasteiger partial charge in [-0.05, 0) is 53.9 Å². The van der Waals surface area contributed by atoms with Crippen molar-refractivity contribution in [3.8, 4) is 5.75 Å². The highest BCUT2D eigenvalue weighted by molar-refractivity contribution is 5.94. The van der Waals surface area contributed by atoms with Crippen LogP contribution >= 0.6 is 0 Å². The molecule has 0 aliphatic carbocycles. The third-order valence-electron chi connectivity index (χ3n) is 4.19. The molecule has 0 spiro atoms. The monoisotopic (exact) mass is 389 g/mol. The molecule has 0 atom stereocenters. The van der Waals surface area contributed by atoms with Crippen LogP contribution in [0.25, 0.3) is 0 Å². The number of hydrogen-bond acceptors (Lipinski definition) is 4. The number of aromatic nitrogens is 1. The highest BCUT2D eigenvalue weighted by Crippen LogP contribution is 2.11. The van der Waals surface area contributed by atoms with Crippen molar-refractivity contribution in [2.75, 3.05) is 6.61 Å². The fraction of sp³-hybridized carbons (Fsp3) is 0.174. The summed E-state index contributed by atoms with van der Waals surface area (Å²) in [4.78, 5) is 25.0. The number of hydrazone groups is 1. The third-order valence-corrected chi connectivity index (χ3v) is 4.19. The Labute approximate surface area is 169 Å². The van der Waals surface area contributed by atoms with E-state index >= 15 is 0 Å². The average Bonchev–Trinajstić information content (AvgIpc) is 2.75. The maximum absolute atomic E-state index is 12.6. The first-order chi connectivity index (χ1) is 14.2. The number of ether oxygens (including phenoxy) is 1. The van der Waals surface area contributed by atoms with Gasteiger partial charge in [0.1, 0.15) is 11.3 Å². The highest BCUT2D eigenvalue weighted by atomic mass is 16.5. The first kappa shape index (κ1) is 20.1. The Morgan fingerprint density at radius 1 is 1.07 bits per heavy atom. The van der Waals surface area contributed by atoms with E-state index in [1.54, 1.807) is 12.3 Å². The molecule has 0 bridgehead atoms. The van der Waals surface area contributed by atoms with Crippen LogP contribution in [0.15, 0.2) is 82.8 Å². The summed E-state index contributed by atoms with van der Waals surface area (Å²) < 4.78 is 7.03. The van der Waals surface area contributed by atoms with Crippen molar-refractivity contribution >= 4 is 12.1 Å². The van der Waals surface area contributed by atoms with Gasteiger partial charge in [-0.15, -0.1) is 0 Å². The Kier molecular flexibility index (Phi) is 6.95. The van der Waals surface area contributed by atoms with Crippen LogP contribution in [-0.2, 0) is 6.54 Å². The van der Waals surface area contributed by atoms with Gasteiger partial charge >= 0.3 is 0 Å². The van der Waals surface area contributed by atoms with Crippen LogP contribution in [0, 0.1) is 0 Å². The molecule has 0 aliphatic rings. The van der Waals surface area contributed by atoms with E-state index in [4.69, 9.17) is 4.74 Å². The standard InChI is InChI=1S/C23H23N3O3/c1-2-15-29-20-12-10-18(11-13-20)16-24-25-22(27)21-9-6-14-26(23(21)28)17-19-7-4-3-5-8-19/h3-14,16H,2,15,17H2,1H3,(H,25,27)/b24-16-. The van der Waals surface area contributed by atoms with Crippen molar-refractivity contribution in [3.63, 3.8) is 0 Å². The van der Waals surface area contributed by atoms with Gasteiger partial charge in [0.25, 0.3) is 11.5 Å². The number of benzene rings is 2. The first-order valence-electron chi connectivity index (χ1n) is 9.47. The minimum Gasteiger partial charge on any atom is -0.494 e. The second-order valence-corrected chi connectivity index (χ2v) is 6.46. The lowest BCUT2D eigenvalue weighted by molar-refractivity contribution is 0.0953. The summed E-state index contributed by atoms with van der Waals surface area (Å²) >= 11 is 0. The summed E-state index contributed by atoms with van der Waals surface area (Å²) in [6, 6.07) is 20.2. The first-order valence-corrected chi connectivity index (χ1v) is 9.47. The topological polar surface area (TPSA) is 72.7 Å². The Morgan fingerprint density at radius 2 is 1.83 bits per heavy atom. The number of nitrogens with zero attached hydrogens (tertiary/aromatic N) is 2. The maximum atomic E-state index is 12.6. The second kappa shape index (κ2) is 10.0. The number of hydrogen-bond donors (Lipinski definition) is 1. The predicted octanol–water partition coefficient (Wildman–Crippen LogP) is 3.45. The lowest BCUT2D eigenvalue weighted by Crippen LogP contribution is -2.30. The van der Waals surface area contributed by atoms with Crippen molar-refractivity contribution in [1.29, 1.82) is 0 Å². The van der Waals surface area contributed by atoms with Gasteiger partial charge in [0.05, 0.1) is 19.4 Å². The molecule has 6 nitrogen and oxygen atoms in total. The molecule has 1 N–H and O–H groups in total. The van der Waals surface area contributed by atoms with E-state index in [0.717, 1.165) is 23.3 Å². The minimum absolute atomic E-state index is 0.0453. The van der Waals surface area contributed by atoms with Gasteiger partial charge in [-0.1, -0.05) is 37.3 Å². The van der Waals surface area contributed by atoms with Gasteiger partial charge in [0, 0.05) is 6.20 Å². The highest BCUT2D eigenvalue weighted by Gasteiger charge is 2.11. The molecule has 0 saturated heterocycles. The largest absolute Gasteiger partial charge is 0.494 e. The van der Waals surface area contributed by atoms with E-state index in [0.29, 0.717) is 13.2 Å². The van der Waals surface area contributed by atoms with E-state index in [1.165, 1.54) is 16.8 Å². The van der Waals surface area contributed by atoms with E-state index in [2.05, 4.69) is 10.5 Å². The lowest BCUT2D eigenvalue weighted by atomic mass is 10.2. The van der Waals surface area contributed by atoms with Crippen molar-refractivity contribution in [2.45, 2.75) is 19.9 Å². The molecule has 3 rings (SSSR count). The fourth-order valence-corrected chi connectivity index (χ4v) is 2.71. The SMILES string of the molecule is CCCOc1ccc(/C=N\NC(=O)c2cccn(Cc3ccccc3)c2=O)cc1. The maximum Gasteiger partial charge on any atom is 0.276 e. The summed E-state index contributed by atoms with van der Waals surface area (Å²) in [5.41, 5.74) is 3.89. The summed E-state index contributed by atoms with van der Waals surface area (Å²) in [5.74, 6) is 0.243. The molecule has 0 saturated carbocycles. The quantitative estimate of drug-likeness (QED) is 0.474. The predicted molar refractivity (Wildman–Crippen MR) is 114 cm³/mol. The van der Waals surface area contributed by atoms with Crippen LogP contribution in [0.5, 0.6) is 5.75 Å². The van der Waals surface area contributed by atoms with E-state index < -0.39 is 5.91 Å². The summed E-state index contributed by atoms with van der Waals surface area (Å²) in [6.45, 7) is 3.12. The van der Waals surface area contributed by atoms with Crippen LogP contribution in [0.2, 0.25) is 0 Å². The average molecular weight is 389 g/mol. The summed E-state index contributed by atoms with van der Waals surface area (Å²) in [7, 11) is 0. The Hall–Kier alpha value is -3.67. The zero-order valence-corrected chi connectivity index (χ0v) is 16.2. The summed E-state index contributed by atoms with van der Waals surface area (Å²) in [6.07, 6.45) is 4.13. The van der Waals surface area contributed by atoms with Crippen LogP contribution in [0.1, 0.15) is 34.8 Å². The fourth-order valence-electron chi connectivity index (χ4n) is 2.71. The molecule has 0 fully saturated rings. The molecular formula is C23H23N3O3. The van der Waals surface area contributed by atoms with Gasteiger partial charge < -0.3 is 9.30 Å². The van der Waals surface area contributed by atoms with Crippen LogP contribution in [0.4, 0.5) is 0 Å². The molecule has 29 heavy (non-hydrogen) atoms. The normalized spacial score (nSPS) is 10.8. The molecule has 148 valence electrons. The minimum atomic E-state index is -0.545. The van der Waals surface area contributed by atoms with Gasteiger partial charge in [0.15, 0.2) is 0 Å². The molecule has 2 aromatic carbocycles. The Balaban J connectivity index is 1.64. The molecule has 6 heteroatoms. The lowest BCUT2D eigenvalue weighted by Gasteiger charge is -2.07. The van der Waals surface area contributed by atoms with Crippen molar-refractivity contribution in [3.05, 3.63) is 100.0 Å². The molecular weight excluding hydrogens is 366 g/mol. The number of rotatable bonds is 8. The van der Waals surface area contributed by atoms with Crippen LogP contribution in [0.3, 0.4) is 0 Å². The molecule has 3 aromatic rings. The zero-order chi connectivity index (χ0) is 20.5. The van der Waals surface area contributed by atoms with Gasteiger partial charge in [0.2, 0.25) is 0 Å². The van der Waals surface area contributed by atoms with Crippen LogP contribution in [-0.4, -0.2) is 23.3 Å². The smallest absolute Gasteiger partial charge is 0.276 e. The number of carbonyl (C=O) groups excluding carboxylic acids is 1. The van der Waals surface area contributed by atoms with Crippen molar-refractivity contribution < 1.29 is 9.53 Å². The number of nitrogens with one attached hydrogen (secondary N) is 1. The second-order valence-electron chi connectivity index (χ2n) is 6.46. The van der Waals surface area contributed by atoms with Gasteiger partial charge in [-0.3, -0.25) is 9.59 Å². The molecule has 0 aliphatic heterocycles. The number of pyridine rings is 1. The Morgan fingerprint density at radius 3 is 2.55 bits per heavy atom.